The number of carbonyl (C=O) groups excluding carboxylic acids is 2. The normalized spacial score (nSPS) is 16.6. The van der Waals surface area contributed by atoms with Crippen LogP contribution in [0, 0.1) is 5.82 Å². The fourth-order valence-electron chi connectivity index (χ4n) is 6.83. The molecule has 0 radical (unpaired) electrons. The summed E-state index contributed by atoms with van der Waals surface area (Å²) >= 11 is 0. The summed E-state index contributed by atoms with van der Waals surface area (Å²) < 4.78 is 27.1. The Bertz CT molecular complexity index is 2140. The van der Waals surface area contributed by atoms with E-state index in [0.717, 1.165) is 54.6 Å². The minimum Gasteiger partial charge on any atom is -0.491 e. The number of hydrogen-bond donors (Lipinski definition) is 1. The summed E-state index contributed by atoms with van der Waals surface area (Å²) in [7, 11) is 2.13. The highest BCUT2D eigenvalue weighted by Crippen LogP contribution is 2.44. The lowest BCUT2D eigenvalue weighted by atomic mass is 9.97. The third-order valence-electron chi connectivity index (χ3n) is 9.63. The summed E-state index contributed by atoms with van der Waals surface area (Å²) in [6.07, 6.45) is 7.01. The van der Waals surface area contributed by atoms with E-state index in [1.807, 2.05) is 18.2 Å². The Hall–Kier alpha value is -5.35. The predicted molar refractivity (Wildman–Crippen MR) is 186 cm³/mol. The molecule has 1 saturated carbocycles. The van der Waals surface area contributed by atoms with E-state index in [-0.39, 0.29) is 31.1 Å². The third-order valence-corrected chi connectivity index (χ3v) is 9.63. The number of anilines is 1. The van der Waals surface area contributed by atoms with Crippen molar-refractivity contribution in [3.8, 4) is 28.3 Å². The zero-order valence-corrected chi connectivity index (χ0v) is 27.5. The van der Waals surface area contributed by atoms with Gasteiger partial charge in [0, 0.05) is 42.9 Å². The van der Waals surface area contributed by atoms with Crippen molar-refractivity contribution in [1.29, 1.82) is 0 Å². The van der Waals surface area contributed by atoms with E-state index in [1.54, 1.807) is 18.3 Å². The number of pyridine rings is 1. The van der Waals surface area contributed by atoms with Crippen molar-refractivity contribution in [2.24, 2.45) is 0 Å². The molecule has 3 aromatic carbocycles. The fraction of sp³-hybridized carbons (Fsp3) is 0.282. The molecule has 1 fully saturated rings. The second kappa shape index (κ2) is 12.6. The van der Waals surface area contributed by atoms with E-state index in [4.69, 9.17) is 14.5 Å². The van der Waals surface area contributed by atoms with Gasteiger partial charge in [0.2, 0.25) is 0 Å². The van der Waals surface area contributed by atoms with Gasteiger partial charge in [-0.2, -0.15) is 0 Å². The Kier molecular flexibility index (Phi) is 7.95. The van der Waals surface area contributed by atoms with Crippen molar-refractivity contribution >= 4 is 34.3 Å². The number of likely N-dealkylation sites (N-methyl/N-ethyl adjacent to an activating group) is 1. The molecule has 9 nitrogen and oxygen atoms in total. The van der Waals surface area contributed by atoms with Crippen molar-refractivity contribution in [2.45, 2.75) is 38.7 Å². The minimum absolute atomic E-state index is 0.0906. The van der Waals surface area contributed by atoms with Crippen LogP contribution in [0.15, 0.2) is 72.9 Å². The van der Waals surface area contributed by atoms with Crippen LogP contribution < -0.4 is 9.64 Å². The van der Waals surface area contributed by atoms with Gasteiger partial charge in [0.1, 0.15) is 41.7 Å². The number of hydrogen-bond acceptors (Lipinski definition) is 7. The number of aromatic amines is 1. The minimum atomic E-state index is -0.593. The average molecular weight is 658 g/mol. The maximum atomic E-state index is 15.6. The number of rotatable bonds is 7. The maximum Gasteiger partial charge on any atom is 0.302 e. The molecular formula is C39H36FN5O4. The van der Waals surface area contributed by atoms with Gasteiger partial charge in [0.05, 0.1) is 12.2 Å². The van der Waals surface area contributed by atoms with Crippen molar-refractivity contribution in [3.63, 3.8) is 0 Å². The zero-order chi connectivity index (χ0) is 33.6. The predicted octanol–water partition coefficient (Wildman–Crippen LogP) is 7.13. The number of ether oxygens (including phenoxy) is 2. The van der Waals surface area contributed by atoms with E-state index >= 15 is 4.39 Å². The van der Waals surface area contributed by atoms with Gasteiger partial charge in [0.25, 0.3) is 5.91 Å². The molecule has 2 aliphatic heterocycles. The molecule has 0 atom stereocenters. The summed E-state index contributed by atoms with van der Waals surface area (Å²) in [5.41, 5.74) is 8.06. The Balaban J connectivity index is 1.18. The second-order valence-corrected chi connectivity index (χ2v) is 13.0. The van der Waals surface area contributed by atoms with E-state index in [9.17, 15) is 9.59 Å². The van der Waals surface area contributed by atoms with E-state index in [0.29, 0.717) is 34.2 Å². The van der Waals surface area contributed by atoms with Crippen molar-refractivity contribution < 1.29 is 23.5 Å². The van der Waals surface area contributed by atoms with Gasteiger partial charge in [-0.25, -0.2) is 14.4 Å². The Morgan fingerprint density at radius 3 is 2.63 bits per heavy atom. The Morgan fingerprint density at radius 2 is 1.88 bits per heavy atom. The summed E-state index contributed by atoms with van der Waals surface area (Å²) in [6.45, 7) is 3.59. The van der Waals surface area contributed by atoms with E-state index in [1.165, 1.54) is 29.0 Å². The van der Waals surface area contributed by atoms with E-state index < -0.39 is 17.7 Å². The number of aromatic nitrogens is 3. The number of nitrogens with one attached hydrogen (secondary N) is 1. The highest BCUT2D eigenvalue weighted by Gasteiger charge is 2.33. The van der Waals surface area contributed by atoms with Gasteiger partial charge in [-0.3, -0.25) is 9.59 Å². The number of H-pyrrole nitrogens is 1. The summed E-state index contributed by atoms with van der Waals surface area (Å²) in [4.78, 5) is 42.9. The summed E-state index contributed by atoms with van der Waals surface area (Å²) in [5.74, 6) is -0.306. The molecule has 49 heavy (non-hydrogen) atoms. The third kappa shape index (κ3) is 5.97. The number of imidazole rings is 1. The molecule has 1 amide bonds. The molecule has 1 N–H and O–H groups in total. The van der Waals surface area contributed by atoms with Crippen LogP contribution in [0.1, 0.15) is 59.2 Å². The molecule has 8 rings (SSSR count). The van der Waals surface area contributed by atoms with Gasteiger partial charge in [-0.15, -0.1) is 0 Å². The first-order valence-electron chi connectivity index (χ1n) is 16.7. The molecule has 3 aliphatic rings. The van der Waals surface area contributed by atoms with Gasteiger partial charge >= 0.3 is 5.97 Å². The molecular weight excluding hydrogens is 621 g/mol. The SMILES string of the molecule is CC(=O)OCc1c(-c2ccnc3[nH]c(-c4ccc(C5=CCN(C)CC5)cc4)nc23)cccc1N1CCOc2cc(C3CC3)cc(F)c2C1=O. The molecule has 2 aromatic heterocycles. The first-order chi connectivity index (χ1) is 23.8. The van der Waals surface area contributed by atoms with Crippen molar-refractivity contribution in [1.82, 2.24) is 19.9 Å². The summed E-state index contributed by atoms with van der Waals surface area (Å²) in [6, 6.07) is 19.0. The van der Waals surface area contributed by atoms with Crippen LogP contribution in [-0.4, -0.2) is 65.0 Å². The van der Waals surface area contributed by atoms with Crippen LogP contribution in [0.25, 0.3) is 39.3 Å². The summed E-state index contributed by atoms with van der Waals surface area (Å²) in [5, 5.41) is 0. The van der Waals surface area contributed by atoms with Crippen LogP contribution in [0.2, 0.25) is 0 Å². The molecule has 4 heterocycles. The maximum absolute atomic E-state index is 15.6. The zero-order valence-electron chi connectivity index (χ0n) is 27.5. The lowest BCUT2D eigenvalue weighted by molar-refractivity contribution is -0.142. The number of carbonyl (C=O) groups is 2. The number of fused-ring (bicyclic) bond motifs is 2. The quantitative estimate of drug-likeness (QED) is 0.186. The number of benzene rings is 3. The van der Waals surface area contributed by atoms with Gasteiger partial charge in [-0.1, -0.05) is 42.5 Å². The monoisotopic (exact) mass is 657 g/mol. The van der Waals surface area contributed by atoms with E-state index in [2.05, 4.69) is 52.3 Å². The second-order valence-electron chi connectivity index (χ2n) is 13.0. The number of halogens is 1. The topological polar surface area (TPSA) is 101 Å². The van der Waals surface area contributed by atoms with Gasteiger partial charge in [0.15, 0.2) is 5.65 Å². The standard InChI is InChI=1S/C39H36FN5O4/c1-23(46)49-22-31-29(4-3-5-33(31)45-18-19-48-34-21-28(25-6-7-25)20-32(40)35(34)39(45)47)30-12-15-41-38-36(30)42-37(43-38)27-10-8-24(9-11-27)26-13-16-44(2)17-14-26/h3-5,8-13,15,20-21,25H,6-7,14,16-19,22H2,1-2H3,(H,41,42,43). The molecule has 0 unspecified atom stereocenters. The largest absolute Gasteiger partial charge is 0.491 e. The molecule has 0 bridgehead atoms. The van der Waals surface area contributed by atoms with Gasteiger partial charge in [-0.05, 0) is 78.8 Å². The smallest absolute Gasteiger partial charge is 0.302 e. The first kappa shape index (κ1) is 31.0. The molecule has 0 saturated heterocycles. The highest BCUT2D eigenvalue weighted by molar-refractivity contribution is 6.09. The highest BCUT2D eigenvalue weighted by atomic mass is 19.1. The lowest BCUT2D eigenvalue weighted by Gasteiger charge is -2.25. The molecule has 0 spiro atoms. The average Bonchev–Trinajstić information content (AvgIpc) is 3.89. The first-order valence-corrected chi connectivity index (χ1v) is 16.7. The molecule has 1 aliphatic carbocycles. The van der Waals surface area contributed by atoms with Gasteiger partial charge < -0.3 is 24.3 Å². The lowest BCUT2D eigenvalue weighted by Crippen LogP contribution is -2.33. The van der Waals surface area contributed by atoms with Crippen LogP contribution >= 0.6 is 0 Å². The number of esters is 1. The van der Waals surface area contributed by atoms with Crippen LogP contribution in [0.5, 0.6) is 5.75 Å². The fourth-order valence-corrected chi connectivity index (χ4v) is 6.83. The number of nitrogens with zero attached hydrogens (tertiary/aromatic N) is 4. The van der Waals surface area contributed by atoms with Crippen molar-refractivity contribution in [2.75, 3.05) is 38.2 Å². The van der Waals surface area contributed by atoms with Crippen LogP contribution in [0.4, 0.5) is 10.1 Å². The Morgan fingerprint density at radius 1 is 1.06 bits per heavy atom. The number of amides is 1. The molecule has 5 aromatic rings. The van der Waals surface area contributed by atoms with Crippen molar-refractivity contribution in [3.05, 3.63) is 101 Å². The molecule has 10 heteroatoms. The Labute approximate surface area is 283 Å². The molecule has 248 valence electrons. The van der Waals surface area contributed by atoms with Crippen LogP contribution in [-0.2, 0) is 16.1 Å². The van der Waals surface area contributed by atoms with Crippen LogP contribution in [0.3, 0.4) is 0 Å².